The van der Waals surface area contributed by atoms with E-state index in [1.165, 1.54) is 0 Å². The molecule has 2 aromatic rings. The van der Waals surface area contributed by atoms with Crippen molar-refractivity contribution in [3.63, 3.8) is 0 Å². The molecule has 0 radical (unpaired) electrons. The topological polar surface area (TPSA) is 25.8 Å². The number of hydrogen-bond donors (Lipinski definition) is 0. The number of rotatable bonds is 2. The van der Waals surface area contributed by atoms with E-state index in [4.69, 9.17) is 23.2 Å². The molecule has 88 valence electrons. The van der Waals surface area contributed by atoms with Crippen LogP contribution in [0.1, 0.15) is 25.5 Å². The third-order valence-corrected chi connectivity index (χ3v) is 2.82. The third kappa shape index (κ3) is 2.96. The number of aromatic nitrogens is 2. The molecule has 1 heterocycles. The maximum atomic E-state index is 6.00. The number of benzene rings is 1. The predicted molar refractivity (Wildman–Crippen MR) is 71.6 cm³/mol. The maximum absolute atomic E-state index is 6.00. The van der Waals surface area contributed by atoms with Gasteiger partial charge < -0.3 is 0 Å². The Morgan fingerprint density at radius 2 is 1.82 bits per heavy atom. The highest BCUT2D eigenvalue weighted by molar-refractivity contribution is 6.31. The standard InChI is InChI=1S/C13H12Cl2N2/c1-8(2)11-7-12(15)17-13(16-11)9-4-3-5-10(14)6-9/h3-8H,1-2H3. The van der Waals surface area contributed by atoms with E-state index in [0.717, 1.165) is 11.3 Å². The molecule has 0 aliphatic heterocycles. The first kappa shape index (κ1) is 12.3. The lowest BCUT2D eigenvalue weighted by atomic mass is 10.1. The lowest BCUT2D eigenvalue weighted by molar-refractivity contribution is 0.817. The number of halogens is 2. The first-order valence-electron chi connectivity index (χ1n) is 5.36. The molecule has 1 aromatic carbocycles. The van der Waals surface area contributed by atoms with Crippen LogP contribution in [-0.4, -0.2) is 9.97 Å². The zero-order valence-corrected chi connectivity index (χ0v) is 11.1. The summed E-state index contributed by atoms with van der Waals surface area (Å²) in [5.41, 5.74) is 1.81. The zero-order valence-electron chi connectivity index (χ0n) is 9.61. The lowest BCUT2D eigenvalue weighted by Gasteiger charge is -2.07. The first-order chi connectivity index (χ1) is 8.06. The van der Waals surface area contributed by atoms with E-state index >= 15 is 0 Å². The summed E-state index contributed by atoms with van der Waals surface area (Å²) in [6, 6.07) is 9.23. The van der Waals surface area contributed by atoms with Crippen LogP contribution < -0.4 is 0 Å². The molecule has 0 bridgehead atoms. The molecular formula is C13H12Cl2N2. The lowest BCUT2D eigenvalue weighted by Crippen LogP contribution is -1.97. The Morgan fingerprint density at radius 3 is 2.47 bits per heavy atom. The maximum Gasteiger partial charge on any atom is 0.161 e. The molecule has 0 amide bonds. The predicted octanol–water partition coefficient (Wildman–Crippen LogP) is 4.57. The van der Waals surface area contributed by atoms with E-state index in [9.17, 15) is 0 Å². The van der Waals surface area contributed by atoms with Gasteiger partial charge in [-0.15, -0.1) is 0 Å². The zero-order chi connectivity index (χ0) is 12.4. The van der Waals surface area contributed by atoms with Crippen molar-refractivity contribution in [3.8, 4) is 11.4 Å². The summed E-state index contributed by atoms with van der Waals surface area (Å²) in [6.07, 6.45) is 0. The molecule has 0 saturated carbocycles. The van der Waals surface area contributed by atoms with Gasteiger partial charge in [-0.05, 0) is 24.1 Å². The van der Waals surface area contributed by atoms with Gasteiger partial charge in [-0.1, -0.05) is 49.2 Å². The summed E-state index contributed by atoms with van der Waals surface area (Å²) in [6.45, 7) is 4.14. The normalized spacial score (nSPS) is 10.9. The Morgan fingerprint density at radius 1 is 1.06 bits per heavy atom. The number of hydrogen-bond acceptors (Lipinski definition) is 2. The van der Waals surface area contributed by atoms with E-state index in [1.807, 2.05) is 24.3 Å². The molecule has 1 aromatic heterocycles. The Hall–Kier alpha value is -1.12. The molecule has 0 spiro atoms. The van der Waals surface area contributed by atoms with Crippen LogP contribution in [0.4, 0.5) is 0 Å². The molecule has 2 nitrogen and oxygen atoms in total. The van der Waals surface area contributed by atoms with Crippen molar-refractivity contribution in [2.24, 2.45) is 0 Å². The van der Waals surface area contributed by atoms with Crippen LogP contribution in [0.5, 0.6) is 0 Å². The van der Waals surface area contributed by atoms with E-state index in [0.29, 0.717) is 21.9 Å². The fourth-order valence-corrected chi connectivity index (χ4v) is 1.87. The third-order valence-electron chi connectivity index (χ3n) is 2.39. The second-order valence-electron chi connectivity index (χ2n) is 4.10. The van der Waals surface area contributed by atoms with Gasteiger partial charge in [0.25, 0.3) is 0 Å². The Kier molecular flexibility index (Phi) is 3.65. The smallest absolute Gasteiger partial charge is 0.161 e. The number of nitrogens with zero attached hydrogens (tertiary/aromatic N) is 2. The van der Waals surface area contributed by atoms with Crippen LogP contribution in [-0.2, 0) is 0 Å². The van der Waals surface area contributed by atoms with E-state index in [2.05, 4.69) is 23.8 Å². The molecule has 17 heavy (non-hydrogen) atoms. The molecule has 2 rings (SSSR count). The molecular weight excluding hydrogens is 255 g/mol. The summed E-state index contributed by atoms with van der Waals surface area (Å²) < 4.78 is 0. The Balaban J connectivity index is 2.52. The summed E-state index contributed by atoms with van der Waals surface area (Å²) >= 11 is 11.9. The fourth-order valence-electron chi connectivity index (χ4n) is 1.49. The van der Waals surface area contributed by atoms with Gasteiger partial charge in [0.05, 0.1) is 0 Å². The van der Waals surface area contributed by atoms with Gasteiger partial charge in [-0.25, -0.2) is 9.97 Å². The van der Waals surface area contributed by atoms with Crippen molar-refractivity contribution < 1.29 is 0 Å². The van der Waals surface area contributed by atoms with Gasteiger partial charge in [0.15, 0.2) is 5.82 Å². The molecule has 0 fully saturated rings. The van der Waals surface area contributed by atoms with Crippen molar-refractivity contribution in [1.82, 2.24) is 9.97 Å². The van der Waals surface area contributed by atoms with Crippen molar-refractivity contribution >= 4 is 23.2 Å². The average Bonchev–Trinajstić information content (AvgIpc) is 2.28. The van der Waals surface area contributed by atoms with Crippen molar-refractivity contribution in [1.29, 1.82) is 0 Å². The minimum Gasteiger partial charge on any atom is -0.233 e. The van der Waals surface area contributed by atoms with Crippen LogP contribution >= 0.6 is 23.2 Å². The minimum absolute atomic E-state index is 0.313. The van der Waals surface area contributed by atoms with Crippen LogP contribution in [0.15, 0.2) is 30.3 Å². The van der Waals surface area contributed by atoms with Crippen molar-refractivity contribution in [3.05, 3.63) is 46.2 Å². The van der Waals surface area contributed by atoms with Gasteiger partial charge in [-0.3, -0.25) is 0 Å². The summed E-state index contributed by atoms with van der Waals surface area (Å²) in [5.74, 6) is 0.928. The van der Waals surface area contributed by atoms with Crippen LogP contribution in [0.25, 0.3) is 11.4 Å². The van der Waals surface area contributed by atoms with Gasteiger partial charge in [0.2, 0.25) is 0 Å². The minimum atomic E-state index is 0.313. The average molecular weight is 267 g/mol. The summed E-state index contributed by atoms with van der Waals surface area (Å²) in [4.78, 5) is 8.71. The fraction of sp³-hybridized carbons (Fsp3) is 0.231. The molecule has 0 aliphatic carbocycles. The Bertz CT molecular complexity index is 539. The summed E-state index contributed by atoms with van der Waals surface area (Å²) in [7, 11) is 0. The van der Waals surface area contributed by atoms with Gasteiger partial charge in [-0.2, -0.15) is 0 Å². The summed E-state index contributed by atoms with van der Waals surface area (Å²) in [5, 5.41) is 1.12. The molecule has 0 atom stereocenters. The molecule has 4 heteroatoms. The molecule has 0 aliphatic rings. The quantitative estimate of drug-likeness (QED) is 0.744. The van der Waals surface area contributed by atoms with E-state index in [1.54, 1.807) is 6.07 Å². The van der Waals surface area contributed by atoms with Gasteiger partial charge in [0.1, 0.15) is 5.15 Å². The van der Waals surface area contributed by atoms with Crippen molar-refractivity contribution in [2.45, 2.75) is 19.8 Å². The first-order valence-corrected chi connectivity index (χ1v) is 6.12. The van der Waals surface area contributed by atoms with Crippen molar-refractivity contribution in [2.75, 3.05) is 0 Å². The van der Waals surface area contributed by atoms with E-state index in [-0.39, 0.29) is 0 Å². The van der Waals surface area contributed by atoms with Crippen LogP contribution in [0, 0.1) is 0 Å². The molecule has 0 saturated heterocycles. The van der Waals surface area contributed by atoms with Crippen LogP contribution in [0.3, 0.4) is 0 Å². The van der Waals surface area contributed by atoms with Crippen LogP contribution in [0.2, 0.25) is 10.2 Å². The molecule has 0 N–H and O–H groups in total. The highest BCUT2D eigenvalue weighted by Crippen LogP contribution is 2.23. The second-order valence-corrected chi connectivity index (χ2v) is 4.93. The largest absolute Gasteiger partial charge is 0.233 e. The highest BCUT2D eigenvalue weighted by Gasteiger charge is 2.08. The van der Waals surface area contributed by atoms with E-state index < -0.39 is 0 Å². The second kappa shape index (κ2) is 5.03. The molecule has 0 unspecified atom stereocenters. The van der Waals surface area contributed by atoms with Gasteiger partial charge in [0, 0.05) is 16.3 Å². The van der Waals surface area contributed by atoms with Gasteiger partial charge >= 0.3 is 0 Å². The monoisotopic (exact) mass is 266 g/mol. The Labute approximate surface area is 111 Å². The SMILES string of the molecule is CC(C)c1cc(Cl)nc(-c2cccc(Cl)c2)n1. The highest BCUT2D eigenvalue weighted by atomic mass is 35.5.